The molecule has 0 nitrogen and oxygen atoms in total. The predicted molar refractivity (Wildman–Crippen MR) is 82.9 cm³/mol. The zero-order valence-electron chi connectivity index (χ0n) is 10.3. The van der Waals surface area contributed by atoms with Crippen molar-refractivity contribution in [3.05, 3.63) is 42.8 Å². The highest BCUT2D eigenvalue weighted by Crippen LogP contribution is 2.26. The zero-order chi connectivity index (χ0) is 13.1. The summed E-state index contributed by atoms with van der Waals surface area (Å²) in [7, 11) is 0. The molecule has 0 saturated heterocycles. The van der Waals surface area contributed by atoms with Gasteiger partial charge in [0.2, 0.25) is 0 Å². The monoisotopic (exact) mass is 268 g/mol. The van der Waals surface area contributed by atoms with E-state index >= 15 is 0 Å². The third-order valence-electron chi connectivity index (χ3n) is 2.64. The van der Waals surface area contributed by atoms with E-state index in [1.165, 1.54) is 20.9 Å². The molecule has 18 heavy (non-hydrogen) atoms. The fraction of sp³-hybridized carbons (Fsp3) is 0.125. The summed E-state index contributed by atoms with van der Waals surface area (Å²) in [5, 5.41) is 0. The summed E-state index contributed by atoms with van der Waals surface area (Å²) in [6.07, 6.45) is 15.0. The minimum Gasteiger partial charge on any atom is -0.131 e. The van der Waals surface area contributed by atoms with Crippen molar-refractivity contribution in [2.75, 3.05) is 0 Å². The molecular weight excluding hydrogens is 256 g/mol. The van der Waals surface area contributed by atoms with Gasteiger partial charge in [0, 0.05) is 9.75 Å². The number of hydrogen-bond acceptors (Lipinski definition) is 2. The number of rotatable bonds is 2. The van der Waals surface area contributed by atoms with Gasteiger partial charge in [-0.2, -0.15) is 0 Å². The van der Waals surface area contributed by atoms with Crippen molar-refractivity contribution in [2.45, 2.75) is 13.8 Å². The van der Waals surface area contributed by atoms with E-state index in [9.17, 15) is 0 Å². The number of terminal acetylenes is 2. The molecule has 0 fully saturated rings. The first-order valence-electron chi connectivity index (χ1n) is 5.46. The minimum atomic E-state index is 0.971. The predicted octanol–water partition coefficient (Wildman–Crippen LogP) is 4.56. The van der Waals surface area contributed by atoms with Crippen LogP contribution < -0.4 is 0 Å². The second-order valence-electron chi connectivity index (χ2n) is 3.87. The second-order valence-corrected chi connectivity index (χ2v) is 6.38. The Balaban J connectivity index is 2.30. The standard InChI is InChI=1S/C16H12S2/c1-5-15-9-13(11(3)17-15)7-8-14-10-16(6-2)18-12(14)4/h1-2,7-10H,3-4H3/b8-7-. The van der Waals surface area contributed by atoms with Crippen molar-refractivity contribution in [3.8, 4) is 24.7 Å². The molecule has 0 aliphatic carbocycles. The summed E-state index contributed by atoms with van der Waals surface area (Å²) in [5.74, 6) is 5.34. The highest BCUT2D eigenvalue weighted by atomic mass is 32.1. The smallest absolute Gasteiger partial charge is 0.0774 e. The molecule has 0 N–H and O–H groups in total. The summed E-state index contributed by atoms with van der Waals surface area (Å²) in [4.78, 5) is 4.42. The van der Waals surface area contributed by atoms with Crippen LogP contribution in [0.2, 0.25) is 0 Å². The molecule has 2 aromatic heterocycles. The maximum atomic E-state index is 5.40. The van der Waals surface area contributed by atoms with Gasteiger partial charge in [0.25, 0.3) is 0 Å². The van der Waals surface area contributed by atoms with Gasteiger partial charge in [0.05, 0.1) is 9.75 Å². The second kappa shape index (κ2) is 5.27. The Bertz CT molecular complexity index is 621. The Morgan fingerprint density at radius 1 is 0.889 bits per heavy atom. The summed E-state index contributed by atoms with van der Waals surface area (Å²) < 4.78 is 0. The number of thiophene rings is 2. The van der Waals surface area contributed by atoms with E-state index in [0.717, 1.165) is 9.75 Å². The van der Waals surface area contributed by atoms with Crippen LogP contribution in [0.5, 0.6) is 0 Å². The molecule has 2 heterocycles. The topological polar surface area (TPSA) is 0 Å². The van der Waals surface area contributed by atoms with E-state index in [-0.39, 0.29) is 0 Å². The first-order valence-corrected chi connectivity index (χ1v) is 7.09. The van der Waals surface area contributed by atoms with Gasteiger partial charge in [0.1, 0.15) is 0 Å². The van der Waals surface area contributed by atoms with Gasteiger partial charge in [-0.1, -0.05) is 24.0 Å². The van der Waals surface area contributed by atoms with Crippen molar-refractivity contribution in [2.24, 2.45) is 0 Å². The van der Waals surface area contributed by atoms with Crippen molar-refractivity contribution >= 4 is 34.8 Å². The Kier molecular flexibility index (Phi) is 3.72. The van der Waals surface area contributed by atoms with Gasteiger partial charge in [-0.3, -0.25) is 0 Å². The van der Waals surface area contributed by atoms with E-state index in [4.69, 9.17) is 12.8 Å². The van der Waals surface area contributed by atoms with E-state index in [1.807, 2.05) is 12.1 Å². The van der Waals surface area contributed by atoms with Crippen LogP contribution in [0, 0.1) is 38.5 Å². The van der Waals surface area contributed by atoms with Crippen LogP contribution in [-0.2, 0) is 0 Å². The van der Waals surface area contributed by atoms with Crippen molar-refractivity contribution in [1.82, 2.24) is 0 Å². The normalized spacial score (nSPS) is 10.4. The maximum absolute atomic E-state index is 5.40. The van der Waals surface area contributed by atoms with Crippen LogP contribution in [-0.4, -0.2) is 0 Å². The molecule has 88 valence electrons. The molecule has 2 aromatic rings. The SMILES string of the molecule is C#Cc1cc(/C=C\c2cc(C#C)sc2C)c(C)s1. The van der Waals surface area contributed by atoms with E-state index < -0.39 is 0 Å². The highest BCUT2D eigenvalue weighted by Gasteiger charge is 2.03. The largest absolute Gasteiger partial charge is 0.131 e. The Morgan fingerprint density at radius 2 is 1.28 bits per heavy atom. The first-order chi connectivity index (χ1) is 8.63. The lowest BCUT2D eigenvalue weighted by molar-refractivity contribution is 1.58. The van der Waals surface area contributed by atoms with Crippen LogP contribution in [0.3, 0.4) is 0 Å². The first kappa shape index (κ1) is 12.7. The van der Waals surface area contributed by atoms with Gasteiger partial charge in [-0.15, -0.1) is 35.5 Å². The van der Waals surface area contributed by atoms with Crippen molar-refractivity contribution in [1.29, 1.82) is 0 Å². The summed E-state index contributed by atoms with van der Waals surface area (Å²) in [5.41, 5.74) is 2.36. The van der Waals surface area contributed by atoms with Crippen LogP contribution in [0.1, 0.15) is 30.6 Å². The fourth-order valence-corrected chi connectivity index (χ4v) is 3.28. The Labute approximate surface area is 116 Å². The molecule has 0 bridgehead atoms. The molecule has 0 aromatic carbocycles. The number of aryl methyl sites for hydroxylation is 2. The molecule has 0 atom stereocenters. The Hall–Kier alpha value is -1.74. The van der Waals surface area contributed by atoms with Crippen molar-refractivity contribution < 1.29 is 0 Å². The van der Waals surface area contributed by atoms with Crippen LogP contribution in [0.4, 0.5) is 0 Å². The lowest BCUT2D eigenvalue weighted by Crippen LogP contribution is -1.71. The maximum Gasteiger partial charge on any atom is 0.0774 e. The van der Waals surface area contributed by atoms with E-state index in [2.05, 4.69) is 37.8 Å². The molecule has 0 saturated carbocycles. The molecule has 2 heteroatoms. The third kappa shape index (κ3) is 2.57. The van der Waals surface area contributed by atoms with Gasteiger partial charge in [0.15, 0.2) is 0 Å². The lowest BCUT2D eigenvalue weighted by atomic mass is 10.1. The number of hydrogen-bond donors (Lipinski definition) is 0. The van der Waals surface area contributed by atoms with Gasteiger partial charge < -0.3 is 0 Å². The molecule has 0 radical (unpaired) electrons. The molecule has 0 aliphatic rings. The van der Waals surface area contributed by atoms with Crippen LogP contribution in [0.25, 0.3) is 12.2 Å². The van der Waals surface area contributed by atoms with Crippen LogP contribution >= 0.6 is 22.7 Å². The van der Waals surface area contributed by atoms with Gasteiger partial charge in [-0.25, -0.2) is 0 Å². The summed E-state index contributed by atoms with van der Waals surface area (Å²) in [6.45, 7) is 4.16. The molecule has 0 amide bonds. The quantitative estimate of drug-likeness (QED) is 0.700. The fourth-order valence-electron chi connectivity index (χ4n) is 1.65. The Morgan fingerprint density at radius 3 is 1.56 bits per heavy atom. The highest BCUT2D eigenvalue weighted by molar-refractivity contribution is 7.13. The summed E-state index contributed by atoms with van der Waals surface area (Å²) in [6, 6.07) is 4.08. The van der Waals surface area contributed by atoms with Crippen LogP contribution in [0.15, 0.2) is 12.1 Å². The molecule has 0 aliphatic heterocycles. The van der Waals surface area contributed by atoms with E-state index in [0.29, 0.717) is 0 Å². The zero-order valence-corrected chi connectivity index (χ0v) is 11.9. The minimum absolute atomic E-state index is 0.971. The molecule has 0 spiro atoms. The lowest BCUT2D eigenvalue weighted by Gasteiger charge is -1.90. The average molecular weight is 268 g/mol. The average Bonchev–Trinajstić information content (AvgIpc) is 2.90. The van der Waals surface area contributed by atoms with E-state index in [1.54, 1.807) is 22.7 Å². The third-order valence-corrected chi connectivity index (χ3v) is 4.63. The summed E-state index contributed by atoms with van der Waals surface area (Å²) >= 11 is 3.29. The molecule has 2 rings (SSSR count). The van der Waals surface area contributed by atoms with Gasteiger partial charge in [-0.05, 0) is 37.1 Å². The molecule has 0 unspecified atom stereocenters. The van der Waals surface area contributed by atoms with Crippen molar-refractivity contribution in [3.63, 3.8) is 0 Å². The molecular formula is C16H12S2. The van der Waals surface area contributed by atoms with Gasteiger partial charge >= 0.3 is 0 Å².